The molecule has 1 rings (SSSR count). The molecule has 0 radical (unpaired) electrons. The third-order valence-electron chi connectivity index (χ3n) is 2.05. The van der Waals surface area contributed by atoms with E-state index < -0.39 is 6.04 Å². The SMILES string of the molecule is Cc1cc(Cl)c(NC(CO)CO)cc1F. The van der Waals surface area contributed by atoms with Gasteiger partial charge in [-0.3, -0.25) is 0 Å². The Morgan fingerprint density at radius 1 is 1.40 bits per heavy atom. The first-order valence-electron chi connectivity index (χ1n) is 4.52. The Kier molecular flexibility index (Phi) is 4.32. The highest BCUT2D eigenvalue weighted by atomic mass is 35.5. The lowest BCUT2D eigenvalue weighted by molar-refractivity contribution is 0.204. The van der Waals surface area contributed by atoms with Crippen LogP contribution in [0.4, 0.5) is 10.1 Å². The van der Waals surface area contributed by atoms with Crippen LogP contribution in [0, 0.1) is 12.7 Å². The summed E-state index contributed by atoms with van der Waals surface area (Å²) in [5.41, 5.74) is 0.822. The number of aryl methyl sites for hydroxylation is 1. The van der Waals surface area contributed by atoms with E-state index in [9.17, 15) is 4.39 Å². The van der Waals surface area contributed by atoms with Gasteiger partial charge >= 0.3 is 0 Å². The maximum atomic E-state index is 13.2. The van der Waals surface area contributed by atoms with Gasteiger partial charge in [0.25, 0.3) is 0 Å². The van der Waals surface area contributed by atoms with E-state index in [2.05, 4.69) is 5.32 Å². The number of anilines is 1. The molecule has 0 atom stereocenters. The molecule has 0 fully saturated rings. The third-order valence-corrected chi connectivity index (χ3v) is 2.36. The molecule has 3 N–H and O–H groups in total. The summed E-state index contributed by atoms with van der Waals surface area (Å²) >= 11 is 5.87. The zero-order chi connectivity index (χ0) is 11.4. The van der Waals surface area contributed by atoms with Crippen LogP contribution < -0.4 is 5.32 Å². The summed E-state index contributed by atoms with van der Waals surface area (Å²) in [5.74, 6) is -0.378. The second-order valence-corrected chi connectivity index (χ2v) is 3.69. The minimum Gasteiger partial charge on any atom is -0.394 e. The Hall–Kier alpha value is -0.840. The number of nitrogens with one attached hydrogen (secondary N) is 1. The molecular weight excluding hydrogens is 221 g/mol. The number of hydrogen-bond donors (Lipinski definition) is 3. The number of aliphatic hydroxyl groups excluding tert-OH is 2. The van der Waals surface area contributed by atoms with Crippen molar-refractivity contribution < 1.29 is 14.6 Å². The van der Waals surface area contributed by atoms with Gasteiger partial charge < -0.3 is 15.5 Å². The lowest BCUT2D eigenvalue weighted by atomic mass is 10.2. The zero-order valence-electron chi connectivity index (χ0n) is 8.30. The van der Waals surface area contributed by atoms with Gasteiger partial charge in [0, 0.05) is 0 Å². The molecule has 5 heteroatoms. The highest BCUT2D eigenvalue weighted by molar-refractivity contribution is 6.33. The van der Waals surface area contributed by atoms with Crippen molar-refractivity contribution in [1.29, 1.82) is 0 Å². The molecule has 1 aromatic carbocycles. The zero-order valence-corrected chi connectivity index (χ0v) is 9.05. The van der Waals surface area contributed by atoms with E-state index in [1.54, 1.807) is 6.92 Å². The standard InChI is InChI=1S/C10H13ClFNO2/c1-6-2-8(11)10(3-9(6)12)13-7(4-14)5-15/h2-3,7,13-15H,4-5H2,1H3. The fraction of sp³-hybridized carbons (Fsp3) is 0.400. The normalized spacial score (nSPS) is 10.8. The molecule has 0 bridgehead atoms. The monoisotopic (exact) mass is 233 g/mol. The summed E-state index contributed by atoms with van der Waals surface area (Å²) < 4.78 is 13.2. The number of hydrogen-bond acceptors (Lipinski definition) is 3. The van der Waals surface area contributed by atoms with Crippen LogP contribution in [0.1, 0.15) is 5.56 Å². The largest absolute Gasteiger partial charge is 0.394 e. The van der Waals surface area contributed by atoms with Crippen LogP contribution in [-0.4, -0.2) is 29.5 Å². The minimum atomic E-state index is -0.537. The van der Waals surface area contributed by atoms with Gasteiger partial charge in [0.15, 0.2) is 0 Å². The van der Waals surface area contributed by atoms with Gasteiger partial charge in [-0.25, -0.2) is 4.39 Å². The summed E-state index contributed by atoms with van der Waals surface area (Å²) in [6, 6.07) is 2.20. The van der Waals surface area contributed by atoms with E-state index >= 15 is 0 Å². The van der Waals surface area contributed by atoms with Gasteiger partial charge in [-0.2, -0.15) is 0 Å². The second-order valence-electron chi connectivity index (χ2n) is 3.29. The Balaban J connectivity index is 2.89. The molecule has 0 saturated carbocycles. The molecule has 0 spiro atoms. The van der Waals surface area contributed by atoms with Crippen molar-refractivity contribution in [2.24, 2.45) is 0 Å². The van der Waals surface area contributed by atoms with Crippen LogP contribution in [0.15, 0.2) is 12.1 Å². The topological polar surface area (TPSA) is 52.5 Å². The predicted octanol–water partition coefficient (Wildman–Crippen LogP) is 1.55. The maximum Gasteiger partial charge on any atom is 0.128 e. The van der Waals surface area contributed by atoms with E-state index in [0.29, 0.717) is 16.3 Å². The molecule has 0 amide bonds. The van der Waals surface area contributed by atoms with Crippen molar-refractivity contribution >= 4 is 17.3 Å². The Labute approximate surface area is 92.5 Å². The Morgan fingerprint density at radius 3 is 2.53 bits per heavy atom. The predicted molar refractivity (Wildman–Crippen MR) is 57.7 cm³/mol. The van der Waals surface area contributed by atoms with Crippen molar-refractivity contribution in [2.75, 3.05) is 18.5 Å². The molecule has 1 aromatic rings. The van der Waals surface area contributed by atoms with E-state index in [1.165, 1.54) is 12.1 Å². The number of benzene rings is 1. The van der Waals surface area contributed by atoms with Crippen molar-refractivity contribution in [3.63, 3.8) is 0 Å². The molecule has 15 heavy (non-hydrogen) atoms. The fourth-order valence-electron chi connectivity index (χ4n) is 1.13. The maximum absolute atomic E-state index is 13.2. The molecule has 0 heterocycles. The van der Waals surface area contributed by atoms with E-state index in [4.69, 9.17) is 21.8 Å². The van der Waals surface area contributed by atoms with Gasteiger partial charge in [0.1, 0.15) is 5.82 Å². The average Bonchev–Trinajstić information content (AvgIpc) is 2.21. The highest BCUT2D eigenvalue weighted by Crippen LogP contribution is 2.25. The van der Waals surface area contributed by atoms with Gasteiger partial charge in [0.05, 0.1) is 30.0 Å². The lowest BCUT2D eigenvalue weighted by Crippen LogP contribution is -2.27. The van der Waals surface area contributed by atoms with Gasteiger partial charge in [0.2, 0.25) is 0 Å². The van der Waals surface area contributed by atoms with Gasteiger partial charge in [-0.15, -0.1) is 0 Å². The first kappa shape index (κ1) is 12.2. The molecular formula is C10H13ClFNO2. The van der Waals surface area contributed by atoms with Crippen molar-refractivity contribution in [1.82, 2.24) is 0 Å². The van der Waals surface area contributed by atoms with Crippen molar-refractivity contribution in [3.05, 3.63) is 28.5 Å². The van der Waals surface area contributed by atoms with Gasteiger partial charge in [-0.05, 0) is 24.6 Å². The first-order valence-corrected chi connectivity index (χ1v) is 4.90. The third kappa shape index (κ3) is 3.06. The summed E-state index contributed by atoms with van der Waals surface area (Å²) in [4.78, 5) is 0. The molecule has 0 unspecified atom stereocenters. The number of aliphatic hydroxyl groups is 2. The molecule has 0 aliphatic rings. The van der Waals surface area contributed by atoms with E-state index in [-0.39, 0.29) is 19.0 Å². The summed E-state index contributed by atoms with van der Waals surface area (Å²) in [5, 5.41) is 20.8. The van der Waals surface area contributed by atoms with Crippen LogP contribution >= 0.6 is 11.6 Å². The summed E-state index contributed by atoms with van der Waals surface area (Å²) in [7, 11) is 0. The summed E-state index contributed by atoms with van der Waals surface area (Å²) in [6.07, 6.45) is 0. The lowest BCUT2D eigenvalue weighted by Gasteiger charge is -2.16. The minimum absolute atomic E-state index is 0.248. The van der Waals surface area contributed by atoms with Gasteiger partial charge in [-0.1, -0.05) is 11.6 Å². The van der Waals surface area contributed by atoms with E-state index in [1.807, 2.05) is 0 Å². The smallest absolute Gasteiger partial charge is 0.128 e. The van der Waals surface area contributed by atoms with Crippen molar-refractivity contribution in [3.8, 4) is 0 Å². The highest BCUT2D eigenvalue weighted by Gasteiger charge is 2.10. The molecule has 0 saturated heterocycles. The number of halogens is 2. The molecule has 0 aliphatic heterocycles. The molecule has 84 valence electrons. The van der Waals surface area contributed by atoms with Crippen molar-refractivity contribution in [2.45, 2.75) is 13.0 Å². The average molecular weight is 234 g/mol. The van der Waals surface area contributed by atoms with E-state index in [0.717, 1.165) is 0 Å². The molecule has 0 aliphatic carbocycles. The van der Waals surface area contributed by atoms with Crippen LogP contribution in [0.5, 0.6) is 0 Å². The summed E-state index contributed by atoms with van der Waals surface area (Å²) in [6.45, 7) is 1.12. The molecule has 3 nitrogen and oxygen atoms in total. The Morgan fingerprint density at radius 2 is 2.00 bits per heavy atom. The van der Waals surface area contributed by atoms with Crippen LogP contribution in [0.2, 0.25) is 5.02 Å². The molecule has 0 aromatic heterocycles. The second kappa shape index (κ2) is 5.30. The van der Waals surface area contributed by atoms with Crippen LogP contribution in [0.3, 0.4) is 0 Å². The quantitative estimate of drug-likeness (QED) is 0.740. The Bertz CT molecular complexity index is 342. The van der Waals surface area contributed by atoms with Crippen LogP contribution in [-0.2, 0) is 0 Å². The van der Waals surface area contributed by atoms with Crippen LogP contribution in [0.25, 0.3) is 0 Å². The number of rotatable bonds is 4. The fourth-order valence-corrected chi connectivity index (χ4v) is 1.40. The first-order chi connectivity index (χ1) is 7.08.